The van der Waals surface area contributed by atoms with Crippen LogP contribution in [0.1, 0.15) is 5.56 Å². The Morgan fingerprint density at radius 3 is 2.96 bits per heavy atom. The molecule has 4 rings (SSSR count). The highest BCUT2D eigenvalue weighted by Crippen LogP contribution is 2.30. The van der Waals surface area contributed by atoms with Gasteiger partial charge in [0.15, 0.2) is 0 Å². The SMILES string of the molecule is COc1cccc(CSc2nnc(-c3c[nH]c4ccccc34)o2)c1. The van der Waals surface area contributed by atoms with E-state index in [0.29, 0.717) is 11.1 Å². The first-order chi connectivity index (χ1) is 11.8. The maximum absolute atomic E-state index is 5.80. The molecule has 24 heavy (non-hydrogen) atoms. The van der Waals surface area contributed by atoms with E-state index in [1.807, 2.05) is 54.7 Å². The van der Waals surface area contributed by atoms with E-state index in [1.54, 1.807) is 7.11 Å². The summed E-state index contributed by atoms with van der Waals surface area (Å²) in [5.41, 5.74) is 3.12. The first-order valence-corrected chi connectivity index (χ1v) is 8.48. The number of H-pyrrole nitrogens is 1. The summed E-state index contributed by atoms with van der Waals surface area (Å²) in [6.45, 7) is 0. The molecule has 6 heteroatoms. The molecule has 4 aromatic rings. The van der Waals surface area contributed by atoms with Crippen molar-refractivity contribution in [2.75, 3.05) is 7.11 Å². The minimum absolute atomic E-state index is 0.528. The third-order valence-electron chi connectivity index (χ3n) is 3.72. The van der Waals surface area contributed by atoms with Gasteiger partial charge in [0, 0.05) is 22.9 Å². The molecule has 0 unspecified atom stereocenters. The van der Waals surface area contributed by atoms with E-state index >= 15 is 0 Å². The van der Waals surface area contributed by atoms with E-state index in [1.165, 1.54) is 11.8 Å². The second kappa shape index (κ2) is 6.41. The van der Waals surface area contributed by atoms with E-state index < -0.39 is 0 Å². The van der Waals surface area contributed by atoms with Crippen molar-refractivity contribution >= 4 is 22.7 Å². The molecule has 0 aliphatic heterocycles. The van der Waals surface area contributed by atoms with Crippen molar-refractivity contribution in [1.82, 2.24) is 15.2 Å². The summed E-state index contributed by atoms with van der Waals surface area (Å²) in [6, 6.07) is 16.0. The van der Waals surface area contributed by atoms with Gasteiger partial charge in [-0.25, -0.2) is 0 Å². The van der Waals surface area contributed by atoms with Crippen LogP contribution in [-0.4, -0.2) is 22.3 Å². The molecule has 0 aliphatic rings. The van der Waals surface area contributed by atoms with Crippen LogP contribution in [0.25, 0.3) is 22.4 Å². The fraction of sp³-hybridized carbons (Fsp3) is 0.111. The van der Waals surface area contributed by atoms with E-state index in [-0.39, 0.29) is 0 Å². The molecule has 2 aromatic heterocycles. The smallest absolute Gasteiger partial charge is 0.277 e. The van der Waals surface area contributed by atoms with E-state index in [0.717, 1.165) is 33.5 Å². The number of para-hydroxylation sites is 1. The van der Waals surface area contributed by atoms with Crippen LogP contribution in [0.4, 0.5) is 0 Å². The van der Waals surface area contributed by atoms with Gasteiger partial charge in [0.2, 0.25) is 0 Å². The van der Waals surface area contributed by atoms with Crippen molar-refractivity contribution in [3.8, 4) is 17.2 Å². The van der Waals surface area contributed by atoms with Gasteiger partial charge < -0.3 is 14.1 Å². The molecule has 0 amide bonds. The summed E-state index contributed by atoms with van der Waals surface area (Å²) in [6.07, 6.45) is 1.90. The highest BCUT2D eigenvalue weighted by atomic mass is 32.2. The lowest BCUT2D eigenvalue weighted by Crippen LogP contribution is -1.85. The third-order valence-corrected chi connectivity index (χ3v) is 4.61. The van der Waals surface area contributed by atoms with Gasteiger partial charge in [-0.15, -0.1) is 10.2 Å². The molecule has 0 atom stereocenters. The number of nitrogens with one attached hydrogen (secondary N) is 1. The topological polar surface area (TPSA) is 63.9 Å². The summed E-state index contributed by atoms with van der Waals surface area (Å²) in [4.78, 5) is 3.22. The Balaban J connectivity index is 1.52. The van der Waals surface area contributed by atoms with E-state index in [9.17, 15) is 0 Å². The molecule has 0 aliphatic carbocycles. The van der Waals surface area contributed by atoms with Crippen LogP contribution in [0.5, 0.6) is 5.75 Å². The Labute approximate surface area is 143 Å². The molecule has 2 heterocycles. The molecule has 0 saturated carbocycles. The highest BCUT2D eigenvalue weighted by Gasteiger charge is 2.13. The van der Waals surface area contributed by atoms with Gasteiger partial charge in [0.25, 0.3) is 11.1 Å². The number of ether oxygens (including phenoxy) is 1. The number of benzene rings is 2. The quantitative estimate of drug-likeness (QED) is 0.543. The fourth-order valence-corrected chi connectivity index (χ4v) is 3.24. The van der Waals surface area contributed by atoms with Crippen LogP contribution >= 0.6 is 11.8 Å². The van der Waals surface area contributed by atoms with Crippen molar-refractivity contribution in [3.63, 3.8) is 0 Å². The lowest BCUT2D eigenvalue weighted by Gasteiger charge is -2.02. The number of fused-ring (bicyclic) bond motifs is 1. The third kappa shape index (κ3) is 2.88. The van der Waals surface area contributed by atoms with Crippen LogP contribution < -0.4 is 4.74 Å². The molecule has 0 spiro atoms. The van der Waals surface area contributed by atoms with Gasteiger partial charge in [0.05, 0.1) is 12.7 Å². The number of hydrogen-bond donors (Lipinski definition) is 1. The molecule has 0 saturated heterocycles. The zero-order chi connectivity index (χ0) is 16.4. The van der Waals surface area contributed by atoms with Crippen molar-refractivity contribution < 1.29 is 9.15 Å². The zero-order valence-electron chi connectivity index (χ0n) is 13.0. The second-order valence-corrected chi connectivity index (χ2v) is 6.19. The first-order valence-electron chi connectivity index (χ1n) is 7.49. The standard InChI is InChI=1S/C18H15N3O2S/c1-22-13-6-4-5-12(9-13)11-24-18-21-20-17(23-18)15-10-19-16-8-3-2-7-14(15)16/h2-10,19H,11H2,1H3. The Morgan fingerprint density at radius 2 is 2.04 bits per heavy atom. The molecule has 0 fully saturated rings. The number of nitrogens with zero attached hydrogens (tertiary/aromatic N) is 2. The Hall–Kier alpha value is -2.73. The van der Waals surface area contributed by atoms with E-state index in [4.69, 9.17) is 9.15 Å². The lowest BCUT2D eigenvalue weighted by molar-refractivity contribution is 0.414. The van der Waals surface area contributed by atoms with Gasteiger partial charge in [-0.05, 0) is 23.8 Å². The van der Waals surface area contributed by atoms with Crippen LogP contribution in [-0.2, 0) is 5.75 Å². The summed E-state index contributed by atoms with van der Waals surface area (Å²) in [7, 11) is 1.66. The number of methoxy groups -OCH3 is 1. The van der Waals surface area contributed by atoms with Gasteiger partial charge >= 0.3 is 0 Å². The maximum atomic E-state index is 5.80. The Morgan fingerprint density at radius 1 is 1.12 bits per heavy atom. The van der Waals surface area contributed by atoms with Crippen molar-refractivity contribution in [3.05, 3.63) is 60.3 Å². The fourth-order valence-electron chi connectivity index (χ4n) is 2.53. The monoisotopic (exact) mass is 337 g/mol. The Bertz CT molecular complexity index is 977. The van der Waals surface area contributed by atoms with Gasteiger partial charge in [-0.1, -0.05) is 42.1 Å². The normalized spacial score (nSPS) is 11.0. The molecular weight excluding hydrogens is 322 g/mol. The Kier molecular flexibility index (Phi) is 3.96. The molecule has 1 N–H and O–H groups in total. The summed E-state index contributed by atoms with van der Waals surface area (Å²) >= 11 is 1.51. The number of thioether (sulfide) groups is 1. The van der Waals surface area contributed by atoms with Crippen molar-refractivity contribution in [1.29, 1.82) is 0 Å². The average molecular weight is 337 g/mol. The summed E-state index contributed by atoms with van der Waals surface area (Å²) < 4.78 is 11.0. The number of aromatic nitrogens is 3. The minimum atomic E-state index is 0.528. The van der Waals surface area contributed by atoms with Crippen LogP contribution in [0.2, 0.25) is 0 Å². The first kappa shape index (κ1) is 14.8. The molecule has 2 aromatic carbocycles. The summed E-state index contributed by atoms with van der Waals surface area (Å²) in [5, 5.41) is 9.94. The van der Waals surface area contributed by atoms with Crippen LogP contribution in [0, 0.1) is 0 Å². The lowest BCUT2D eigenvalue weighted by atomic mass is 10.2. The average Bonchev–Trinajstić information content (AvgIpc) is 3.26. The second-order valence-electron chi connectivity index (χ2n) is 5.26. The largest absolute Gasteiger partial charge is 0.497 e. The van der Waals surface area contributed by atoms with Gasteiger partial charge in [0.1, 0.15) is 5.75 Å². The number of rotatable bonds is 5. The maximum Gasteiger partial charge on any atom is 0.277 e. The predicted octanol–water partition coefficient (Wildman–Crippen LogP) is 4.52. The van der Waals surface area contributed by atoms with Crippen molar-refractivity contribution in [2.45, 2.75) is 11.0 Å². The number of aromatic amines is 1. The predicted molar refractivity (Wildman–Crippen MR) is 94.1 cm³/mol. The molecule has 0 bridgehead atoms. The van der Waals surface area contributed by atoms with Gasteiger partial charge in [-0.3, -0.25) is 0 Å². The zero-order valence-corrected chi connectivity index (χ0v) is 13.8. The minimum Gasteiger partial charge on any atom is -0.497 e. The summed E-state index contributed by atoms with van der Waals surface area (Å²) in [5.74, 6) is 2.12. The van der Waals surface area contributed by atoms with E-state index in [2.05, 4.69) is 15.2 Å². The van der Waals surface area contributed by atoms with Crippen molar-refractivity contribution in [2.24, 2.45) is 0 Å². The molecular formula is C18H15N3O2S. The van der Waals surface area contributed by atoms with Gasteiger partial charge in [-0.2, -0.15) is 0 Å². The molecule has 5 nitrogen and oxygen atoms in total. The van der Waals surface area contributed by atoms with Crippen LogP contribution in [0.3, 0.4) is 0 Å². The van der Waals surface area contributed by atoms with Crippen LogP contribution in [0.15, 0.2) is 64.4 Å². The molecule has 0 radical (unpaired) electrons. The number of hydrogen-bond acceptors (Lipinski definition) is 5. The highest BCUT2D eigenvalue weighted by molar-refractivity contribution is 7.98. The molecule has 120 valence electrons.